The zero-order chi connectivity index (χ0) is 28.4. The van der Waals surface area contributed by atoms with E-state index in [0.29, 0.717) is 52.7 Å². The van der Waals surface area contributed by atoms with E-state index in [1.165, 1.54) is 6.07 Å². The van der Waals surface area contributed by atoms with Gasteiger partial charge in [-0.05, 0) is 76.4 Å². The number of carbonyl (C=O) groups is 1. The van der Waals surface area contributed by atoms with Crippen LogP contribution in [0.15, 0.2) is 54.9 Å². The Kier molecular flexibility index (Phi) is 7.42. The first kappa shape index (κ1) is 27.1. The lowest BCUT2D eigenvalue weighted by molar-refractivity contribution is 0.0206. The number of halogens is 1. The summed E-state index contributed by atoms with van der Waals surface area (Å²) in [4.78, 5) is 27.9. The number of amides is 1. The molecule has 208 valence electrons. The topological polar surface area (TPSA) is 115 Å². The molecule has 2 aromatic heterocycles. The maximum Gasteiger partial charge on any atom is 0.410 e. The average molecular weight is 545 g/mol. The Labute approximate surface area is 232 Å². The molecule has 9 nitrogen and oxygen atoms in total. The van der Waals surface area contributed by atoms with Crippen molar-refractivity contribution in [3.63, 3.8) is 0 Å². The van der Waals surface area contributed by atoms with E-state index >= 15 is 0 Å². The quantitative estimate of drug-likeness (QED) is 0.280. The van der Waals surface area contributed by atoms with Gasteiger partial charge in [-0.1, -0.05) is 12.1 Å². The summed E-state index contributed by atoms with van der Waals surface area (Å²) in [5.41, 5.74) is 7.65. The molecule has 0 bridgehead atoms. The van der Waals surface area contributed by atoms with E-state index in [4.69, 9.17) is 20.2 Å². The van der Waals surface area contributed by atoms with E-state index in [1.54, 1.807) is 41.6 Å². The molecule has 0 radical (unpaired) electrons. The number of likely N-dealkylation sites (tertiary alicyclic amines) is 1. The number of nitrogens with one attached hydrogen (secondary N) is 1. The van der Waals surface area contributed by atoms with Crippen LogP contribution in [-0.2, 0) is 4.74 Å². The number of aromatic nitrogens is 3. The van der Waals surface area contributed by atoms with E-state index in [-0.39, 0.29) is 17.8 Å². The highest BCUT2D eigenvalue weighted by molar-refractivity contribution is 5.98. The fourth-order valence-electron chi connectivity index (χ4n) is 4.73. The van der Waals surface area contributed by atoms with Crippen LogP contribution < -0.4 is 15.8 Å². The van der Waals surface area contributed by atoms with Crippen LogP contribution >= 0.6 is 0 Å². The number of carbonyl (C=O) groups excluding carboxylic acids is 1. The second-order valence-corrected chi connectivity index (χ2v) is 10.9. The molecule has 0 saturated carbocycles. The van der Waals surface area contributed by atoms with E-state index in [0.717, 1.165) is 18.4 Å². The van der Waals surface area contributed by atoms with Crippen LogP contribution in [0.25, 0.3) is 22.0 Å². The van der Waals surface area contributed by atoms with Crippen LogP contribution in [0.4, 0.5) is 20.8 Å². The number of hydrogen-bond donors (Lipinski definition) is 2. The molecule has 1 aliphatic heterocycles. The molecule has 4 aromatic rings. The summed E-state index contributed by atoms with van der Waals surface area (Å²) in [6, 6.07) is 12.1. The third-order valence-electron chi connectivity index (χ3n) is 6.64. The van der Waals surface area contributed by atoms with Crippen molar-refractivity contribution in [3.05, 3.63) is 66.2 Å². The lowest BCUT2D eigenvalue weighted by Gasteiger charge is -2.34. The van der Waals surface area contributed by atoms with Crippen LogP contribution in [0.5, 0.6) is 11.6 Å². The SMILES string of the molecule is Cc1ccc2c(N)c(F)ccc2c1Oc1ncccc1-c1ccnc(NC2CCCN(C(=O)OC(C)(C)C)C2)n1. The highest BCUT2D eigenvalue weighted by Gasteiger charge is 2.28. The Hall–Kier alpha value is -4.47. The molecule has 40 heavy (non-hydrogen) atoms. The largest absolute Gasteiger partial charge is 0.444 e. The summed E-state index contributed by atoms with van der Waals surface area (Å²) >= 11 is 0. The van der Waals surface area contributed by atoms with Gasteiger partial charge in [0.1, 0.15) is 17.2 Å². The number of rotatable bonds is 5. The number of ether oxygens (including phenoxy) is 2. The zero-order valence-corrected chi connectivity index (χ0v) is 23.1. The summed E-state index contributed by atoms with van der Waals surface area (Å²) in [6.45, 7) is 8.63. The maximum atomic E-state index is 14.1. The molecule has 3 heterocycles. The van der Waals surface area contributed by atoms with Crippen LogP contribution in [0.2, 0.25) is 0 Å². The van der Waals surface area contributed by atoms with Crippen LogP contribution in [0, 0.1) is 12.7 Å². The number of nitrogens with two attached hydrogens (primary N) is 1. The van der Waals surface area contributed by atoms with E-state index in [9.17, 15) is 9.18 Å². The standard InChI is InChI=1S/C30H33FN6O3/c1-18-9-10-20-21(11-12-23(31)25(20)32)26(18)39-27-22(8-5-14-33-27)24-13-15-34-28(36-24)35-19-7-6-16-37(17-19)29(38)40-30(2,3)4/h5,8-15,19H,6-7,16-17,32H2,1-4H3,(H,34,35,36). The lowest BCUT2D eigenvalue weighted by Crippen LogP contribution is -2.47. The predicted molar refractivity (Wildman–Crippen MR) is 153 cm³/mol. The highest BCUT2D eigenvalue weighted by Crippen LogP contribution is 2.38. The Balaban J connectivity index is 1.39. The fourth-order valence-corrected chi connectivity index (χ4v) is 4.73. The third-order valence-corrected chi connectivity index (χ3v) is 6.64. The summed E-state index contributed by atoms with van der Waals surface area (Å²) < 4.78 is 26.0. The number of nitrogen functional groups attached to an aromatic ring is 1. The van der Waals surface area contributed by atoms with E-state index in [1.807, 2.05) is 39.8 Å². The maximum absolute atomic E-state index is 14.1. The van der Waals surface area contributed by atoms with Crippen molar-refractivity contribution in [2.45, 2.75) is 52.2 Å². The molecule has 1 aliphatic rings. The van der Waals surface area contributed by atoms with Gasteiger partial charge in [-0.3, -0.25) is 0 Å². The van der Waals surface area contributed by atoms with E-state index in [2.05, 4.69) is 15.3 Å². The van der Waals surface area contributed by atoms with Gasteiger partial charge >= 0.3 is 6.09 Å². The van der Waals surface area contributed by atoms with Gasteiger partial charge in [0.25, 0.3) is 0 Å². The van der Waals surface area contributed by atoms with Crippen molar-refractivity contribution < 1.29 is 18.7 Å². The van der Waals surface area contributed by atoms with Gasteiger partial charge in [0.05, 0.1) is 16.9 Å². The molecule has 2 aromatic carbocycles. The van der Waals surface area contributed by atoms with E-state index < -0.39 is 11.4 Å². The number of aryl methyl sites for hydroxylation is 1. The van der Waals surface area contributed by atoms with Crippen molar-refractivity contribution in [2.24, 2.45) is 0 Å². The normalized spacial score (nSPS) is 15.6. The van der Waals surface area contributed by atoms with Gasteiger partial charge in [0.15, 0.2) is 0 Å². The predicted octanol–water partition coefficient (Wildman–Crippen LogP) is 6.33. The molecule has 0 spiro atoms. The van der Waals surface area contributed by atoms with Crippen molar-refractivity contribution >= 4 is 28.5 Å². The highest BCUT2D eigenvalue weighted by atomic mass is 19.1. The Morgan fingerprint density at radius 1 is 1.10 bits per heavy atom. The number of piperidine rings is 1. The van der Waals surface area contributed by atoms with Crippen molar-refractivity contribution in [3.8, 4) is 22.9 Å². The molecule has 0 aliphatic carbocycles. The molecule has 1 amide bonds. The van der Waals surface area contributed by atoms with Crippen LogP contribution in [0.1, 0.15) is 39.2 Å². The average Bonchev–Trinajstić information content (AvgIpc) is 2.92. The van der Waals surface area contributed by atoms with Gasteiger partial charge in [-0.15, -0.1) is 0 Å². The third kappa shape index (κ3) is 5.90. The summed E-state index contributed by atoms with van der Waals surface area (Å²) in [5.74, 6) is 0.849. The number of benzene rings is 2. The number of nitrogens with zero attached hydrogens (tertiary/aromatic N) is 4. The second kappa shape index (κ2) is 11.0. The number of pyridine rings is 1. The van der Waals surface area contributed by atoms with Gasteiger partial charge in [0, 0.05) is 42.3 Å². The molecule has 5 rings (SSSR count). The fraction of sp³-hybridized carbons (Fsp3) is 0.333. The first-order valence-corrected chi connectivity index (χ1v) is 13.3. The van der Waals surface area contributed by atoms with Crippen molar-refractivity contribution in [1.29, 1.82) is 0 Å². The molecule has 1 fully saturated rings. The smallest absolute Gasteiger partial charge is 0.410 e. The summed E-state index contributed by atoms with van der Waals surface area (Å²) in [6.07, 6.45) is 4.71. The van der Waals surface area contributed by atoms with Gasteiger partial charge in [-0.2, -0.15) is 0 Å². The molecule has 3 N–H and O–H groups in total. The Bertz CT molecular complexity index is 1550. The monoisotopic (exact) mass is 544 g/mol. The zero-order valence-electron chi connectivity index (χ0n) is 23.1. The summed E-state index contributed by atoms with van der Waals surface area (Å²) in [5, 5.41) is 4.63. The minimum atomic E-state index is -0.550. The van der Waals surface area contributed by atoms with Crippen molar-refractivity contribution in [1.82, 2.24) is 19.9 Å². The molecule has 1 saturated heterocycles. The second-order valence-electron chi connectivity index (χ2n) is 10.9. The number of fused-ring (bicyclic) bond motifs is 1. The van der Waals surface area contributed by atoms with Gasteiger partial charge in [-0.25, -0.2) is 24.1 Å². The van der Waals surface area contributed by atoms with Crippen LogP contribution in [0.3, 0.4) is 0 Å². The number of anilines is 2. The molecule has 1 unspecified atom stereocenters. The van der Waals surface area contributed by atoms with Gasteiger partial charge < -0.3 is 25.4 Å². The number of hydrogen-bond acceptors (Lipinski definition) is 8. The Morgan fingerprint density at radius 2 is 1.90 bits per heavy atom. The minimum absolute atomic E-state index is 0.0228. The van der Waals surface area contributed by atoms with Crippen molar-refractivity contribution in [2.75, 3.05) is 24.1 Å². The first-order chi connectivity index (χ1) is 19.1. The molecular formula is C30H33FN6O3. The Morgan fingerprint density at radius 3 is 2.70 bits per heavy atom. The lowest BCUT2D eigenvalue weighted by atomic mass is 10.0. The van der Waals surface area contributed by atoms with Gasteiger partial charge in [0.2, 0.25) is 11.8 Å². The minimum Gasteiger partial charge on any atom is -0.444 e. The molecule has 1 atom stereocenters. The van der Waals surface area contributed by atoms with Crippen LogP contribution in [-0.4, -0.2) is 50.7 Å². The summed E-state index contributed by atoms with van der Waals surface area (Å²) in [7, 11) is 0. The first-order valence-electron chi connectivity index (χ1n) is 13.3. The molecule has 10 heteroatoms. The molecular weight excluding hydrogens is 511 g/mol.